The summed E-state index contributed by atoms with van der Waals surface area (Å²) in [6.45, 7) is 2.41. The number of ether oxygens (including phenoxy) is 3. The molecular formula is C20H18N2O4S. The smallest absolute Gasteiger partial charge is 0.363 e. The standard InChI is InChI=1S/C20H18N2O4S/c23-20-15(11-14-5-7-18(27-14)22-8-2-1-3-9-22)21-19(26-20)13-4-6-16-17(10-13)25-12-24-16/h4-7,10-11H,1-3,8-9,12H2. The highest BCUT2D eigenvalue weighted by Crippen LogP contribution is 2.34. The maximum atomic E-state index is 12.2. The molecule has 0 amide bonds. The maximum Gasteiger partial charge on any atom is 0.363 e. The number of carbonyl (C=O) groups excluding carboxylic acids is 1. The van der Waals surface area contributed by atoms with E-state index in [1.807, 2.05) is 12.1 Å². The van der Waals surface area contributed by atoms with Crippen LogP contribution in [0.3, 0.4) is 0 Å². The van der Waals surface area contributed by atoms with Crippen molar-refractivity contribution in [3.05, 3.63) is 46.5 Å². The van der Waals surface area contributed by atoms with Crippen LogP contribution in [0.15, 0.2) is 41.0 Å². The highest BCUT2D eigenvalue weighted by Gasteiger charge is 2.26. The Morgan fingerprint density at radius 1 is 1.04 bits per heavy atom. The van der Waals surface area contributed by atoms with Crippen LogP contribution in [0.1, 0.15) is 29.7 Å². The SMILES string of the molecule is O=C1OC(c2ccc3c(c2)OCO3)=NC1=Cc1ccc(N2CCCCC2)s1. The summed E-state index contributed by atoms with van der Waals surface area (Å²) in [6.07, 6.45) is 5.58. The molecule has 1 saturated heterocycles. The zero-order valence-corrected chi connectivity index (χ0v) is 15.5. The van der Waals surface area contributed by atoms with Crippen molar-refractivity contribution in [3.63, 3.8) is 0 Å². The Labute approximate surface area is 160 Å². The van der Waals surface area contributed by atoms with Gasteiger partial charge < -0.3 is 19.1 Å². The fraction of sp³-hybridized carbons (Fsp3) is 0.300. The molecule has 5 rings (SSSR count). The molecule has 27 heavy (non-hydrogen) atoms. The lowest BCUT2D eigenvalue weighted by Gasteiger charge is -2.27. The number of rotatable bonds is 3. The summed E-state index contributed by atoms with van der Waals surface area (Å²) in [5.74, 6) is 1.17. The van der Waals surface area contributed by atoms with E-state index in [0.29, 0.717) is 22.8 Å². The average Bonchev–Trinajstić information content (AvgIpc) is 3.43. The Balaban J connectivity index is 1.38. The number of benzene rings is 1. The third-order valence-electron chi connectivity index (χ3n) is 4.80. The first-order valence-corrected chi connectivity index (χ1v) is 9.85. The first-order valence-electron chi connectivity index (χ1n) is 9.04. The Morgan fingerprint density at radius 2 is 1.89 bits per heavy atom. The zero-order valence-electron chi connectivity index (χ0n) is 14.6. The van der Waals surface area contributed by atoms with Gasteiger partial charge in [-0.25, -0.2) is 9.79 Å². The van der Waals surface area contributed by atoms with Gasteiger partial charge in [0.15, 0.2) is 17.2 Å². The van der Waals surface area contributed by atoms with Gasteiger partial charge >= 0.3 is 5.97 Å². The van der Waals surface area contributed by atoms with Crippen molar-refractivity contribution in [2.45, 2.75) is 19.3 Å². The van der Waals surface area contributed by atoms with Gasteiger partial charge in [0, 0.05) is 23.5 Å². The van der Waals surface area contributed by atoms with Crippen molar-refractivity contribution >= 4 is 34.3 Å². The molecule has 0 N–H and O–H groups in total. The van der Waals surface area contributed by atoms with Crippen LogP contribution in [0.25, 0.3) is 6.08 Å². The number of cyclic esters (lactones) is 1. The molecule has 4 heterocycles. The second-order valence-electron chi connectivity index (χ2n) is 6.63. The van der Waals surface area contributed by atoms with Crippen LogP contribution < -0.4 is 14.4 Å². The van der Waals surface area contributed by atoms with Crippen LogP contribution >= 0.6 is 11.3 Å². The number of aliphatic imine (C=N–C) groups is 1. The number of anilines is 1. The molecule has 1 aromatic heterocycles. The predicted molar refractivity (Wildman–Crippen MR) is 104 cm³/mol. The van der Waals surface area contributed by atoms with Gasteiger partial charge in [0.05, 0.1) is 5.00 Å². The molecule has 3 aliphatic rings. The minimum absolute atomic E-state index is 0.202. The van der Waals surface area contributed by atoms with E-state index in [4.69, 9.17) is 14.2 Å². The fourth-order valence-electron chi connectivity index (χ4n) is 3.40. The van der Waals surface area contributed by atoms with E-state index in [0.717, 1.165) is 18.0 Å². The minimum atomic E-state index is -0.435. The number of thiophene rings is 1. The number of nitrogens with zero attached hydrogens (tertiary/aromatic N) is 2. The molecule has 0 unspecified atom stereocenters. The van der Waals surface area contributed by atoms with Crippen LogP contribution in [0, 0.1) is 0 Å². The second-order valence-corrected chi connectivity index (χ2v) is 7.72. The first-order chi connectivity index (χ1) is 13.3. The largest absolute Gasteiger partial charge is 0.454 e. The summed E-state index contributed by atoms with van der Waals surface area (Å²) in [5, 5.41) is 1.24. The average molecular weight is 382 g/mol. The van der Waals surface area contributed by atoms with Gasteiger partial charge in [0.2, 0.25) is 12.7 Å². The van der Waals surface area contributed by atoms with Gasteiger partial charge in [-0.1, -0.05) is 0 Å². The summed E-state index contributed by atoms with van der Waals surface area (Å²) in [4.78, 5) is 20.0. The summed E-state index contributed by atoms with van der Waals surface area (Å²) in [7, 11) is 0. The molecule has 0 atom stereocenters. The van der Waals surface area contributed by atoms with E-state index in [2.05, 4.69) is 16.0 Å². The monoisotopic (exact) mass is 382 g/mol. The van der Waals surface area contributed by atoms with Crippen molar-refractivity contribution in [1.29, 1.82) is 0 Å². The van der Waals surface area contributed by atoms with Gasteiger partial charge in [-0.2, -0.15) is 0 Å². The molecule has 0 saturated carbocycles. The van der Waals surface area contributed by atoms with Crippen molar-refractivity contribution in [1.82, 2.24) is 0 Å². The van der Waals surface area contributed by atoms with Crippen LogP contribution in [0.4, 0.5) is 5.00 Å². The molecule has 0 bridgehead atoms. The first kappa shape index (κ1) is 16.4. The van der Waals surface area contributed by atoms with Crippen molar-refractivity contribution < 1.29 is 19.0 Å². The highest BCUT2D eigenvalue weighted by atomic mass is 32.1. The topological polar surface area (TPSA) is 60.4 Å². The summed E-state index contributed by atoms with van der Waals surface area (Å²) in [6, 6.07) is 9.52. The van der Waals surface area contributed by atoms with Crippen LogP contribution in [0.2, 0.25) is 0 Å². The van der Waals surface area contributed by atoms with Crippen molar-refractivity contribution in [2.24, 2.45) is 4.99 Å². The number of fused-ring (bicyclic) bond motifs is 1. The fourth-order valence-corrected chi connectivity index (χ4v) is 4.40. The summed E-state index contributed by atoms with van der Waals surface area (Å²) in [5.41, 5.74) is 1.01. The van der Waals surface area contributed by atoms with E-state index in [1.165, 1.54) is 24.3 Å². The van der Waals surface area contributed by atoms with Gasteiger partial charge in [0.25, 0.3) is 0 Å². The molecule has 1 fully saturated rings. The van der Waals surface area contributed by atoms with Crippen molar-refractivity contribution in [2.75, 3.05) is 24.8 Å². The third-order valence-corrected chi connectivity index (χ3v) is 5.89. The molecule has 0 spiro atoms. The molecule has 3 aliphatic heterocycles. The third kappa shape index (κ3) is 3.19. The molecule has 2 aromatic rings. The number of piperidine rings is 1. The molecule has 6 nitrogen and oxygen atoms in total. The molecule has 0 radical (unpaired) electrons. The highest BCUT2D eigenvalue weighted by molar-refractivity contribution is 7.16. The summed E-state index contributed by atoms with van der Waals surface area (Å²) >= 11 is 1.68. The predicted octanol–water partition coefficient (Wildman–Crippen LogP) is 3.81. The Kier molecular flexibility index (Phi) is 4.09. The molecule has 1 aromatic carbocycles. The van der Waals surface area contributed by atoms with E-state index >= 15 is 0 Å². The van der Waals surface area contributed by atoms with Gasteiger partial charge in [0.1, 0.15) is 0 Å². The molecule has 138 valence electrons. The summed E-state index contributed by atoms with van der Waals surface area (Å²) < 4.78 is 16.0. The van der Waals surface area contributed by atoms with E-state index in [9.17, 15) is 4.79 Å². The van der Waals surface area contributed by atoms with Gasteiger partial charge in [-0.15, -0.1) is 11.3 Å². The molecular weight excluding hydrogens is 364 g/mol. The second kappa shape index (κ2) is 6.74. The van der Waals surface area contributed by atoms with Crippen molar-refractivity contribution in [3.8, 4) is 11.5 Å². The number of hydrogen-bond acceptors (Lipinski definition) is 7. The van der Waals surface area contributed by atoms with Gasteiger partial charge in [-0.05, 0) is 55.7 Å². The number of carbonyl (C=O) groups is 1. The minimum Gasteiger partial charge on any atom is -0.454 e. The Bertz CT molecular complexity index is 957. The van der Waals surface area contributed by atoms with Crippen LogP contribution in [-0.2, 0) is 9.53 Å². The molecule has 0 aliphatic carbocycles. The Hall–Kier alpha value is -2.80. The lowest BCUT2D eigenvalue weighted by molar-refractivity contribution is -0.129. The number of hydrogen-bond donors (Lipinski definition) is 0. The van der Waals surface area contributed by atoms with Crippen LogP contribution in [0.5, 0.6) is 11.5 Å². The maximum absolute atomic E-state index is 12.2. The Morgan fingerprint density at radius 3 is 2.78 bits per heavy atom. The molecule has 7 heteroatoms. The number of esters is 1. The zero-order chi connectivity index (χ0) is 18.2. The quantitative estimate of drug-likeness (QED) is 0.597. The van der Waals surface area contributed by atoms with Gasteiger partial charge in [-0.3, -0.25) is 0 Å². The normalized spacial score (nSPS) is 20.1. The lowest BCUT2D eigenvalue weighted by atomic mass is 10.1. The van der Waals surface area contributed by atoms with E-state index in [-0.39, 0.29) is 12.7 Å². The van der Waals surface area contributed by atoms with E-state index < -0.39 is 5.97 Å². The van der Waals surface area contributed by atoms with Crippen LogP contribution in [-0.4, -0.2) is 31.7 Å². The van der Waals surface area contributed by atoms with E-state index in [1.54, 1.807) is 29.5 Å². The lowest BCUT2D eigenvalue weighted by Crippen LogP contribution is -2.28.